The summed E-state index contributed by atoms with van der Waals surface area (Å²) in [6.07, 6.45) is 5.24. The van der Waals surface area contributed by atoms with E-state index in [1.807, 2.05) is 24.3 Å². The first-order valence-electron chi connectivity index (χ1n) is 9.83. The first kappa shape index (κ1) is 24.2. The lowest BCUT2D eigenvalue weighted by Crippen LogP contribution is -2.11. The number of azo groups is 1. The summed E-state index contributed by atoms with van der Waals surface area (Å²) in [6, 6.07) is 7.46. The molecule has 1 aromatic carbocycles. The van der Waals surface area contributed by atoms with Crippen molar-refractivity contribution < 1.29 is 28.6 Å². The summed E-state index contributed by atoms with van der Waals surface area (Å²) in [5, 5.41) is 12.6. The molecule has 0 spiro atoms. The van der Waals surface area contributed by atoms with Gasteiger partial charge in [-0.25, -0.2) is 0 Å². The maximum absolute atomic E-state index is 10.7. The van der Waals surface area contributed by atoms with Gasteiger partial charge < -0.3 is 24.0 Å². The molecule has 0 aliphatic rings. The minimum atomic E-state index is -4.00. The third-order valence-electron chi connectivity index (χ3n) is 3.87. The lowest BCUT2D eigenvalue weighted by molar-refractivity contribution is 0.0485. The number of ether oxygens (including phenoxy) is 3. The van der Waals surface area contributed by atoms with Gasteiger partial charge in [-0.2, -0.15) is 10.2 Å². The lowest BCUT2D eigenvalue weighted by Gasteiger charge is -2.06. The van der Waals surface area contributed by atoms with Crippen molar-refractivity contribution in [3.63, 3.8) is 0 Å². The van der Waals surface area contributed by atoms with Crippen LogP contribution < -0.4 is 4.74 Å². The fourth-order valence-electron chi connectivity index (χ4n) is 2.25. The molecule has 0 unspecified atom stereocenters. The van der Waals surface area contributed by atoms with Crippen LogP contribution in [-0.4, -0.2) is 58.8 Å². The minimum absolute atomic E-state index is 0.00969. The quantitative estimate of drug-likeness (QED) is 0.246. The van der Waals surface area contributed by atoms with E-state index >= 15 is 0 Å². The molecule has 1 heterocycles. The highest BCUT2D eigenvalue weighted by Crippen LogP contribution is 2.33. The van der Waals surface area contributed by atoms with Crippen LogP contribution in [0.15, 0.2) is 46.9 Å². The molecule has 0 amide bonds. The van der Waals surface area contributed by atoms with Crippen LogP contribution in [0.1, 0.15) is 19.8 Å². The predicted molar refractivity (Wildman–Crippen MR) is 112 cm³/mol. The highest BCUT2D eigenvalue weighted by Gasteiger charge is 2.11. The maximum Gasteiger partial charge on any atom is 0.327 e. The summed E-state index contributed by atoms with van der Waals surface area (Å²) < 4.78 is 28.5. The molecule has 2 rings (SSSR count). The van der Waals surface area contributed by atoms with Gasteiger partial charge in [-0.3, -0.25) is 9.25 Å². The fourth-order valence-corrected chi connectivity index (χ4v) is 2.62. The SMILES string of the molecule is CCCCOc1ccc(N=Nc2cnn(CCOCCOCCP(=O)(O)O)c2)cc1. The van der Waals surface area contributed by atoms with Crippen molar-refractivity contribution in [3.8, 4) is 5.75 Å². The van der Waals surface area contributed by atoms with E-state index < -0.39 is 7.60 Å². The number of hydrogen-bond acceptors (Lipinski definition) is 7. The molecule has 0 saturated carbocycles. The van der Waals surface area contributed by atoms with Crippen LogP contribution in [0.5, 0.6) is 5.75 Å². The molecule has 1 aromatic heterocycles. The van der Waals surface area contributed by atoms with E-state index in [2.05, 4.69) is 22.3 Å². The van der Waals surface area contributed by atoms with Gasteiger partial charge in [-0.15, -0.1) is 5.11 Å². The summed E-state index contributed by atoms with van der Waals surface area (Å²) >= 11 is 0. The molecule has 0 aliphatic carbocycles. The number of hydrogen-bond donors (Lipinski definition) is 2. The zero-order valence-corrected chi connectivity index (χ0v) is 18.0. The van der Waals surface area contributed by atoms with Crippen LogP contribution in [0, 0.1) is 0 Å². The van der Waals surface area contributed by atoms with Gasteiger partial charge in [-0.05, 0) is 30.7 Å². The Balaban J connectivity index is 1.63. The molecule has 0 fully saturated rings. The topological polar surface area (TPSA) is 128 Å². The van der Waals surface area contributed by atoms with Gasteiger partial charge in [-0.1, -0.05) is 13.3 Å². The predicted octanol–water partition coefficient (Wildman–Crippen LogP) is 3.69. The van der Waals surface area contributed by atoms with Gasteiger partial charge in [0.15, 0.2) is 0 Å². The Morgan fingerprint density at radius 3 is 2.40 bits per heavy atom. The Bertz CT molecular complexity index is 806. The van der Waals surface area contributed by atoms with Crippen LogP contribution in [-0.2, 0) is 20.6 Å². The third kappa shape index (κ3) is 10.6. The lowest BCUT2D eigenvalue weighted by atomic mass is 10.3. The standard InChI is InChI=1S/C19H29N4O6P/c1-2-3-9-29-19-6-4-17(5-7-19)21-22-18-15-20-23(16-18)8-10-27-11-12-28-13-14-30(24,25)26/h4-7,15-16H,2-3,8-14H2,1H3,(H2,24,25,26). The number of nitrogens with zero attached hydrogens (tertiary/aromatic N) is 4. The van der Waals surface area contributed by atoms with Crippen molar-refractivity contribution in [2.45, 2.75) is 26.3 Å². The van der Waals surface area contributed by atoms with Crippen LogP contribution in [0.3, 0.4) is 0 Å². The smallest absolute Gasteiger partial charge is 0.327 e. The summed E-state index contributed by atoms with van der Waals surface area (Å²) in [6.45, 7) is 4.44. The van der Waals surface area contributed by atoms with Crippen LogP contribution in [0.4, 0.5) is 11.4 Å². The summed E-state index contributed by atoms with van der Waals surface area (Å²) in [4.78, 5) is 17.4. The molecule has 0 bridgehead atoms. The van der Waals surface area contributed by atoms with Gasteiger partial charge >= 0.3 is 7.60 Å². The number of unbranched alkanes of at least 4 members (excludes halogenated alkanes) is 1. The van der Waals surface area contributed by atoms with Gasteiger partial charge in [0.25, 0.3) is 0 Å². The monoisotopic (exact) mass is 440 g/mol. The summed E-state index contributed by atoms with van der Waals surface area (Å²) in [5.41, 5.74) is 1.37. The summed E-state index contributed by atoms with van der Waals surface area (Å²) in [7, 11) is -4.00. The highest BCUT2D eigenvalue weighted by atomic mass is 31.2. The molecular formula is C19H29N4O6P. The molecule has 0 atom stereocenters. The second-order valence-electron chi connectivity index (χ2n) is 6.47. The Morgan fingerprint density at radius 1 is 1.00 bits per heavy atom. The third-order valence-corrected chi connectivity index (χ3v) is 4.63. The van der Waals surface area contributed by atoms with Crippen molar-refractivity contribution in [3.05, 3.63) is 36.7 Å². The Morgan fingerprint density at radius 2 is 1.70 bits per heavy atom. The molecule has 30 heavy (non-hydrogen) atoms. The van der Waals surface area contributed by atoms with E-state index in [0.717, 1.165) is 24.3 Å². The maximum atomic E-state index is 10.7. The second kappa shape index (κ2) is 13.3. The van der Waals surface area contributed by atoms with Gasteiger partial charge in [0.1, 0.15) is 11.4 Å². The van der Waals surface area contributed by atoms with Crippen molar-refractivity contribution in [1.29, 1.82) is 0 Å². The molecule has 2 N–H and O–H groups in total. The van der Waals surface area contributed by atoms with Crippen molar-refractivity contribution >= 4 is 19.0 Å². The molecule has 11 heteroatoms. The zero-order chi connectivity index (χ0) is 21.7. The largest absolute Gasteiger partial charge is 0.494 e. The van der Waals surface area contributed by atoms with Crippen molar-refractivity contribution in [1.82, 2.24) is 9.78 Å². The molecule has 0 radical (unpaired) electrons. The van der Waals surface area contributed by atoms with E-state index in [4.69, 9.17) is 24.0 Å². The van der Waals surface area contributed by atoms with Crippen LogP contribution >= 0.6 is 7.60 Å². The normalized spacial score (nSPS) is 12.0. The molecular weight excluding hydrogens is 411 g/mol. The molecule has 10 nitrogen and oxygen atoms in total. The average Bonchev–Trinajstić information content (AvgIpc) is 3.16. The minimum Gasteiger partial charge on any atom is -0.494 e. The van der Waals surface area contributed by atoms with Gasteiger partial charge in [0, 0.05) is 0 Å². The van der Waals surface area contributed by atoms with Crippen molar-refractivity contribution in [2.24, 2.45) is 10.2 Å². The molecule has 2 aromatic rings. The fraction of sp³-hybridized carbons (Fsp3) is 0.526. The van der Waals surface area contributed by atoms with Crippen LogP contribution in [0.2, 0.25) is 0 Å². The van der Waals surface area contributed by atoms with E-state index in [-0.39, 0.29) is 19.4 Å². The molecule has 0 aliphatic heterocycles. The zero-order valence-electron chi connectivity index (χ0n) is 17.1. The average molecular weight is 440 g/mol. The molecule has 0 saturated heterocycles. The second-order valence-corrected chi connectivity index (χ2v) is 8.25. The highest BCUT2D eigenvalue weighted by molar-refractivity contribution is 7.51. The Labute approximate surface area is 176 Å². The number of rotatable bonds is 15. The summed E-state index contributed by atoms with van der Waals surface area (Å²) in [5.74, 6) is 0.822. The number of benzene rings is 1. The number of aromatic nitrogens is 2. The molecule has 166 valence electrons. The first-order valence-corrected chi connectivity index (χ1v) is 11.6. The van der Waals surface area contributed by atoms with E-state index in [1.54, 1.807) is 17.1 Å². The first-order chi connectivity index (χ1) is 14.5. The van der Waals surface area contributed by atoms with E-state index in [9.17, 15) is 4.57 Å². The van der Waals surface area contributed by atoms with E-state index in [0.29, 0.717) is 32.1 Å². The Hall–Kier alpha value is -2.10. The van der Waals surface area contributed by atoms with Gasteiger partial charge in [0.2, 0.25) is 0 Å². The van der Waals surface area contributed by atoms with Crippen LogP contribution in [0.25, 0.3) is 0 Å². The van der Waals surface area contributed by atoms with E-state index in [1.165, 1.54) is 0 Å². The van der Waals surface area contributed by atoms with Crippen molar-refractivity contribution in [2.75, 3.05) is 39.2 Å². The Kier molecular flexibility index (Phi) is 10.7. The van der Waals surface area contributed by atoms with Gasteiger partial charge in [0.05, 0.1) is 63.8 Å².